The molecule has 2 heterocycles. The topological polar surface area (TPSA) is 73.3 Å². The molecule has 1 amide bonds. The molecule has 0 atom stereocenters. The van der Waals surface area contributed by atoms with Crippen molar-refractivity contribution in [1.29, 1.82) is 0 Å². The van der Waals surface area contributed by atoms with Crippen LogP contribution in [0, 0.1) is 13.8 Å². The van der Waals surface area contributed by atoms with Crippen LogP contribution in [0.3, 0.4) is 0 Å². The van der Waals surface area contributed by atoms with E-state index in [4.69, 9.17) is 9.47 Å². The average molecular weight is 321 g/mol. The van der Waals surface area contributed by atoms with E-state index in [1.807, 2.05) is 19.2 Å². The molecule has 6 nitrogen and oxygen atoms in total. The van der Waals surface area contributed by atoms with Crippen molar-refractivity contribution in [2.45, 2.75) is 20.3 Å². The van der Waals surface area contributed by atoms with Crippen molar-refractivity contribution in [3.05, 3.63) is 34.6 Å². The van der Waals surface area contributed by atoms with Crippen molar-refractivity contribution < 1.29 is 14.3 Å². The first kappa shape index (κ1) is 16.4. The first-order valence-electron chi connectivity index (χ1n) is 6.92. The Morgan fingerprint density at radius 1 is 1.23 bits per heavy atom. The Hall–Kier alpha value is -1.99. The summed E-state index contributed by atoms with van der Waals surface area (Å²) in [6.45, 7) is 4.88. The van der Waals surface area contributed by atoms with Gasteiger partial charge >= 0.3 is 0 Å². The summed E-state index contributed by atoms with van der Waals surface area (Å²) in [5.41, 5.74) is 1.92. The zero-order valence-corrected chi connectivity index (χ0v) is 13.7. The lowest BCUT2D eigenvalue weighted by Crippen LogP contribution is -2.14. The van der Waals surface area contributed by atoms with Crippen LogP contribution in [0.1, 0.15) is 28.3 Å². The van der Waals surface area contributed by atoms with Crippen molar-refractivity contribution in [3.8, 4) is 5.75 Å². The summed E-state index contributed by atoms with van der Waals surface area (Å²) in [4.78, 5) is 20.7. The third-order valence-corrected chi connectivity index (χ3v) is 3.64. The van der Waals surface area contributed by atoms with Gasteiger partial charge in [-0.25, -0.2) is 9.97 Å². The van der Waals surface area contributed by atoms with Gasteiger partial charge in [0.15, 0.2) is 5.13 Å². The van der Waals surface area contributed by atoms with E-state index >= 15 is 0 Å². The molecule has 0 aliphatic heterocycles. The molecule has 0 spiro atoms. The van der Waals surface area contributed by atoms with Gasteiger partial charge < -0.3 is 9.47 Å². The van der Waals surface area contributed by atoms with Crippen LogP contribution in [0.25, 0.3) is 0 Å². The average Bonchev–Trinajstić information content (AvgIpc) is 2.88. The summed E-state index contributed by atoms with van der Waals surface area (Å²) in [5.74, 6) is 0.337. The fourth-order valence-electron chi connectivity index (χ4n) is 1.80. The lowest BCUT2D eigenvalue weighted by atomic mass is 10.3. The molecular formula is C15H19N3O3S. The number of amides is 1. The number of carbonyl (C=O) groups excluding carboxylic acids is 1. The molecule has 0 fully saturated rings. The largest absolute Gasteiger partial charge is 0.493 e. The van der Waals surface area contributed by atoms with Gasteiger partial charge in [-0.2, -0.15) is 0 Å². The Morgan fingerprint density at radius 2 is 2.05 bits per heavy atom. The molecule has 0 unspecified atom stereocenters. The van der Waals surface area contributed by atoms with Crippen LogP contribution in [0.5, 0.6) is 5.75 Å². The van der Waals surface area contributed by atoms with Crippen LogP contribution in [0.2, 0.25) is 0 Å². The maximum atomic E-state index is 12.2. The molecule has 0 aliphatic carbocycles. The zero-order chi connectivity index (χ0) is 15.9. The second kappa shape index (κ2) is 7.86. The van der Waals surface area contributed by atoms with Gasteiger partial charge in [-0.05, 0) is 13.8 Å². The van der Waals surface area contributed by atoms with Crippen molar-refractivity contribution in [2.24, 2.45) is 0 Å². The summed E-state index contributed by atoms with van der Waals surface area (Å²) in [5, 5.41) is 5.18. The van der Waals surface area contributed by atoms with E-state index in [-0.39, 0.29) is 5.91 Å². The van der Waals surface area contributed by atoms with E-state index < -0.39 is 0 Å². The van der Waals surface area contributed by atoms with Gasteiger partial charge in [0.05, 0.1) is 12.3 Å². The van der Waals surface area contributed by atoms with Gasteiger partial charge in [0.2, 0.25) is 0 Å². The molecule has 0 bridgehead atoms. The van der Waals surface area contributed by atoms with Crippen LogP contribution in [0.15, 0.2) is 17.5 Å². The number of anilines is 1. The van der Waals surface area contributed by atoms with E-state index in [9.17, 15) is 4.79 Å². The predicted octanol–water partition coefficient (Wildman–Crippen LogP) is 2.82. The number of nitrogens with one attached hydrogen (secondary N) is 1. The highest BCUT2D eigenvalue weighted by Crippen LogP contribution is 2.18. The molecule has 2 aromatic heterocycles. The maximum Gasteiger partial charge on any atom is 0.276 e. The summed E-state index contributed by atoms with van der Waals surface area (Å²) in [6, 6.07) is 3.44. The summed E-state index contributed by atoms with van der Waals surface area (Å²) in [6.07, 6.45) is 0.789. The minimum atomic E-state index is -0.292. The van der Waals surface area contributed by atoms with Gasteiger partial charge in [-0.1, -0.05) is 0 Å². The number of aryl methyl sites for hydroxylation is 2. The van der Waals surface area contributed by atoms with E-state index in [1.54, 1.807) is 19.2 Å². The molecule has 7 heteroatoms. The SMILES string of the molecule is COCCCOc1cc(C)nc(C(=O)Nc2nc(C)cs2)c1. The molecule has 2 aromatic rings. The van der Waals surface area contributed by atoms with Crippen LogP contribution in [0.4, 0.5) is 5.13 Å². The molecule has 22 heavy (non-hydrogen) atoms. The minimum Gasteiger partial charge on any atom is -0.493 e. The Labute approximate surface area is 133 Å². The third kappa shape index (κ3) is 4.78. The number of aromatic nitrogens is 2. The Morgan fingerprint density at radius 3 is 2.73 bits per heavy atom. The monoisotopic (exact) mass is 321 g/mol. The molecule has 0 aliphatic rings. The quantitative estimate of drug-likeness (QED) is 0.794. The number of methoxy groups -OCH3 is 1. The second-order valence-corrected chi connectivity index (χ2v) is 5.63. The third-order valence-electron chi connectivity index (χ3n) is 2.76. The van der Waals surface area contributed by atoms with E-state index in [0.29, 0.717) is 29.8 Å². The van der Waals surface area contributed by atoms with Crippen molar-refractivity contribution >= 4 is 22.4 Å². The number of pyridine rings is 1. The van der Waals surface area contributed by atoms with Gasteiger partial charge in [0.25, 0.3) is 5.91 Å². The van der Waals surface area contributed by atoms with Crippen molar-refractivity contribution in [2.75, 3.05) is 25.6 Å². The van der Waals surface area contributed by atoms with E-state index in [1.165, 1.54) is 11.3 Å². The van der Waals surface area contributed by atoms with Crippen LogP contribution >= 0.6 is 11.3 Å². The highest BCUT2D eigenvalue weighted by atomic mass is 32.1. The van der Waals surface area contributed by atoms with E-state index in [0.717, 1.165) is 17.8 Å². The number of hydrogen-bond donors (Lipinski definition) is 1. The highest BCUT2D eigenvalue weighted by Gasteiger charge is 2.12. The van der Waals surface area contributed by atoms with Gasteiger partial charge in [0.1, 0.15) is 11.4 Å². The number of hydrogen-bond acceptors (Lipinski definition) is 6. The fraction of sp³-hybridized carbons (Fsp3) is 0.400. The molecule has 0 aromatic carbocycles. The number of thiazole rings is 1. The van der Waals surface area contributed by atoms with Gasteiger partial charge in [-0.3, -0.25) is 10.1 Å². The lowest BCUT2D eigenvalue weighted by Gasteiger charge is -2.08. The standard InChI is InChI=1S/C15H19N3O3S/c1-10-7-12(21-6-4-5-20-3)8-13(16-10)14(19)18-15-17-11(2)9-22-15/h7-9H,4-6H2,1-3H3,(H,17,18,19). The predicted molar refractivity (Wildman–Crippen MR) is 85.8 cm³/mol. The molecule has 0 saturated heterocycles. The first-order chi connectivity index (χ1) is 10.6. The molecule has 2 rings (SSSR count). The Kier molecular flexibility index (Phi) is 5.85. The minimum absolute atomic E-state index is 0.292. The number of nitrogens with zero attached hydrogens (tertiary/aromatic N) is 2. The van der Waals surface area contributed by atoms with Crippen LogP contribution in [-0.4, -0.2) is 36.2 Å². The van der Waals surface area contributed by atoms with Crippen molar-refractivity contribution in [3.63, 3.8) is 0 Å². The lowest BCUT2D eigenvalue weighted by molar-refractivity contribution is 0.102. The Bertz CT molecular complexity index is 643. The first-order valence-corrected chi connectivity index (χ1v) is 7.80. The molecular weight excluding hydrogens is 302 g/mol. The zero-order valence-electron chi connectivity index (χ0n) is 12.9. The number of ether oxygens (including phenoxy) is 2. The normalized spacial score (nSPS) is 10.5. The summed E-state index contributed by atoms with van der Waals surface area (Å²) >= 11 is 1.38. The second-order valence-electron chi connectivity index (χ2n) is 4.77. The van der Waals surface area contributed by atoms with E-state index in [2.05, 4.69) is 15.3 Å². The highest BCUT2D eigenvalue weighted by molar-refractivity contribution is 7.13. The Balaban J connectivity index is 2.03. The van der Waals surface area contributed by atoms with Crippen LogP contribution in [-0.2, 0) is 4.74 Å². The van der Waals surface area contributed by atoms with Gasteiger partial charge in [-0.15, -0.1) is 11.3 Å². The molecule has 1 N–H and O–H groups in total. The number of rotatable bonds is 7. The molecule has 0 radical (unpaired) electrons. The fourth-order valence-corrected chi connectivity index (χ4v) is 2.49. The molecule has 0 saturated carbocycles. The summed E-state index contributed by atoms with van der Waals surface area (Å²) < 4.78 is 10.6. The van der Waals surface area contributed by atoms with Crippen LogP contribution < -0.4 is 10.1 Å². The van der Waals surface area contributed by atoms with Crippen molar-refractivity contribution in [1.82, 2.24) is 9.97 Å². The smallest absolute Gasteiger partial charge is 0.276 e. The maximum absolute atomic E-state index is 12.2. The van der Waals surface area contributed by atoms with Gasteiger partial charge in [0, 0.05) is 43.3 Å². The summed E-state index contributed by atoms with van der Waals surface area (Å²) in [7, 11) is 1.65. The molecule has 118 valence electrons. The number of carbonyl (C=O) groups is 1.